The third kappa shape index (κ3) is 1.46. The summed E-state index contributed by atoms with van der Waals surface area (Å²) >= 11 is 1.58. The second kappa shape index (κ2) is 3.93. The molecule has 2 fully saturated rings. The average molecular weight is 290 g/mol. The van der Waals surface area contributed by atoms with E-state index in [0.717, 1.165) is 4.88 Å². The number of thiophene rings is 1. The van der Waals surface area contributed by atoms with E-state index in [1.165, 1.54) is 0 Å². The van der Waals surface area contributed by atoms with Crippen molar-refractivity contribution in [3.05, 3.63) is 34.5 Å². The molecule has 104 valence electrons. The molecule has 0 N–H and O–H groups in total. The fourth-order valence-corrected chi connectivity index (χ4v) is 4.29. The Kier molecular flexibility index (Phi) is 2.38. The van der Waals surface area contributed by atoms with Crippen LogP contribution in [0.3, 0.4) is 0 Å². The Morgan fingerprint density at radius 2 is 2.45 bits per heavy atom. The molecular formula is C14H12NO4S-. The second-order valence-electron chi connectivity index (χ2n) is 5.49. The highest BCUT2D eigenvalue weighted by Gasteiger charge is 2.65. The molecule has 3 aliphatic heterocycles. The topological polar surface area (TPSA) is 69.7 Å². The van der Waals surface area contributed by atoms with Gasteiger partial charge in [0.2, 0.25) is 5.91 Å². The number of likely N-dealkylation sites (tertiary alicyclic amines) is 1. The van der Waals surface area contributed by atoms with Gasteiger partial charge in [-0.05, 0) is 11.4 Å². The molecule has 2 bridgehead atoms. The zero-order valence-electron chi connectivity index (χ0n) is 10.5. The van der Waals surface area contributed by atoms with E-state index in [9.17, 15) is 14.7 Å². The minimum atomic E-state index is -1.20. The lowest BCUT2D eigenvalue weighted by Crippen LogP contribution is -2.45. The zero-order chi connectivity index (χ0) is 13.9. The van der Waals surface area contributed by atoms with Gasteiger partial charge >= 0.3 is 0 Å². The van der Waals surface area contributed by atoms with Crippen LogP contribution in [0.25, 0.3) is 0 Å². The number of fused-ring (bicyclic) bond motifs is 1. The Morgan fingerprint density at radius 3 is 3.15 bits per heavy atom. The van der Waals surface area contributed by atoms with E-state index >= 15 is 0 Å². The standard InChI is InChI=1S/C14H13NO4S/c16-12-11-10(13(17)18)9-3-4-14(11,19-9)7-15(12)6-8-2-1-5-20-8/h1-5,9-11H,6-7H2,(H,17,18)/p-1/t9-,10-,11+,14-/m0/s1. The average Bonchev–Trinajstić information content (AvgIpc) is 3.12. The van der Waals surface area contributed by atoms with Gasteiger partial charge in [0.25, 0.3) is 0 Å². The molecule has 4 heterocycles. The van der Waals surface area contributed by atoms with E-state index in [4.69, 9.17) is 4.74 Å². The minimum Gasteiger partial charge on any atom is -0.550 e. The maximum Gasteiger partial charge on any atom is 0.230 e. The predicted octanol–water partition coefficient (Wildman–Crippen LogP) is -0.220. The van der Waals surface area contributed by atoms with Crippen LogP contribution in [0, 0.1) is 11.8 Å². The van der Waals surface area contributed by atoms with Gasteiger partial charge in [-0.2, -0.15) is 0 Å². The molecule has 0 saturated carbocycles. The number of hydrogen-bond acceptors (Lipinski definition) is 5. The van der Waals surface area contributed by atoms with Crippen LogP contribution in [0.1, 0.15) is 4.88 Å². The van der Waals surface area contributed by atoms with Crippen molar-refractivity contribution in [2.24, 2.45) is 11.8 Å². The lowest BCUT2D eigenvalue weighted by molar-refractivity contribution is -0.313. The number of amides is 1. The number of carboxylic acids is 1. The van der Waals surface area contributed by atoms with E-state index < -0.39 is 29.5 Å². The summed E-state index contributed by atoms with van der Waals surface area (Å²) in [4.78, 5) is 26.6. The normalized spacial score (nSPS) is 37.7. The number of aliphatic carboxylic acids is 1. The Balaban J connectivity index is 1.65. The van der Waals surface area contributed by atoms with Crippen molar-refractivity contribution in [2.45, 2.75) is 18.2 Å². The number of nitrogens with zero attached hydrogens (tertiary/aromatic N) is 1. The van der Waals surface area contributed by atoms with Gasteiger partial charge < -0.3 is 19.5 Å². The lowest BCUT2D eigenvalue weighted by Gasteiger charge is -2.24. The molecule has 1 amide bonds. The third-order valence-corrected chi connectivity index (χ3v) is 5.24. The Morgan fingerprint density at radius 1 is 1.60 bits per heavy atom. The summed E-state index contributed by atoms with van der Waals surface area (Å²) in [6.07, 6.45) is 3.09. The molecule has 0 aromatic carbocycles. The highest BCUT2D eigenvalue weighted by Crippen LogP contribution is 2.51. The van der Waals surface area contributed by atoms with Gasteiger partial charge in [-0.25, -0.2) is 0 Å². The Hall–Kier alpha value is -1.66. The van der Waals surface area contributed by atoms with E-state index in [0.29, 0.717) is 13.1 Å². The van der Waals surface area contributed by atoms with E-state index in [1.807, 2.05) is 23.6 Å². The summed E-state index contributed by atoms with van der Waals surface area (Å²) in [6.45, 7) is 0.932. The Labute approximate surface area is 119 Å². The summed E-state index contributed by atoms with van der Waals surface area (Å²) in [6, 6.07) is 3.90. The number of carbonyl (C=O) groups is 2. The van der Waals surface area contributed by atoms with E-state index in [2.05, 4.69) is 0 Å². The van der Waals surface area contributed by atoms with Gasteiger partial charge in [-0.3, -0.25) is 4.79 Å². The Bertz CT molecular complexity index is 611. The molecule has 5 nitrogen and oxygen atoms in total. The SMILES string of the molecule is O=C([O-])[C@H]1[C@@H]2C=C[C@@]3(CN(Cc4cccs4)C(=O)[C@@H]13)O2. The van der Waals surface area contributed by atoms with E-state index in [-0.39, 0.29) is 5.91 Å². The third-order valence-electron chi connectivity index (χ3n) is 4.38. The summed E-state index contributed by atoms with van der Waals surface area (Å²) in [5.74, 6) is -2.83. The first-order chi connectivity index (χ1) is 9.61. The largest absolute Gasteiger partial charge is 0.550 e. The molecule has 3 aliphatic rings. The number of carbonyl (C=O) groups excluding carboxylic acids is 2. The number of rotatable bonds is 3. The monoisotopic (exact) mass is 290 g/mol. The molecule has 1 spiro atoms. The number of hydrogen-bond donors (Lipinski definition) is 0. The minimum absolute atomic E-state index is 0.139. The van der Waals surface area contributed by atoms with Crippen LogP contribution in [-0.2, 0) is 20.9 Å². The van der Waals surface area contributed by atoms with Gasteiger partial charge in [-0.15, -0.1) is 11.3 Å². The maximum absolute atomic E-state index is 12.5. The predicted molar refractivity (Wildman–Crippen MR) is 68.5 cm³/mol. The number of carboxylic acid groups (broad SMARTS) is 1. The summed E-state index contributed by atoms with van der Waals surface area (Å²) in [5, 5.41) is 13.3. The molecule has 0 radical (unpaired) electrons. The fourth-order valence-electron chi connectivity index (χ4n) is 3.57. The highest BCUT2D eigenvalue weighted by atomic mass is 32.1. The zero-order valence-corrected chi connectivity index (χ0v) is 11.3. The molecule has 2 saturated heterocycles. The van der Waals surface area contributed by atoms with Crippen LogP contribution in [0.15, 0.2) is 29.7 Å². The van der Waals surface area contributed by atoms with E-state index in [1.54, 1.807) is 22.3 Å². The van der Waals surface area contributed by atoms with Crippen molar-refractivity contribution in [1.82, 2.24) is 4.90 Å². The fraction of sp³-hybridized carbons (Fsp3) is 0.429. The van der Waals surface area contributed by atoms with Crippen LogP contribution in [0.2, 0.25) is 0 Å². The second-order valence-corrected chi connectivity index (χ2v) is 6.52. The van der Waals surface area contributed by atoms with Crippen molar-refractivity contribution in [1.29, 1.82) is 0 Å². The van der Waals surface area contributed by atoms with Crippen molar-refractivity contribution >= 4 is 23.2 Å². The van der Waals surface area contributed by atoms with Crippen LogP contribution >= 0.6 is 11.3 Å². The molecule has 4 atom stereocenters. The molecule has 0 aliphatic carbocycles. The van der Waals surface area contributed by atoms with Crippen LogP contribution < -0.4 is 5.11 Å². The molecule has 20 heavy (non-hydrogen) atoms. The quantitative estimate of drug-likeness (QED) is 0.722. The van der Waals surface area contributed by atoms with Gasteiger partial charge in [0.05, 0.1) is 25.1 Å². The van der Waals surface area contributed by atoms with Crippen LogP contribution in [0.4, 0.5) is 0 Å². The molecular weight excluding hydrogens is 278 g/mol. The summed E-state index contributed by atoms with van der Waals surface area (Å²) in [7, 11) is 0. The van der Waals surface area contributed by atoms with Gasteiger partial charge in [0.15, 0.2) is 0 Å². The van der Waals surface area contributed by atoms with Gasteiger partial charge in [0.1, 0.15) is 5.60 Å². The number of ether oxygens (including phenoxy) is 1. The summed E-state index contributed by atoms with van der Waals surface area (Å²) < 4.78 is 5.79. The van der Waals surface area contributed by atoms with Crippen molar-refractivity contribution in [3.63, 3.8) is 0 Å². The van der Waals surface area contributed by atoms with Crippen molar-refractivity contribution in [2.75, 3.05) is 6.54 Å². The van der Waals surface area contributed by atoms with Gasteiger partial charge in [-0.1, -0.05) is 18.2 Å². The van der Waals surface area contributed by atoms with Crippen molar-refractivity contribution in [3.8, 4) is 0 Å². The van der Waals surface area contributed by atoms with Gasteiger partial charge in [0, 0.05) is 16.8 Å². The molecule has 6 heteroatoms. The lowest BCUT2D eigenvalue weighted by atomic mass is 9.77. The smallest absolute Gasteiger partial charge is 0.230 e. The van der Waals surface area contributed by atoms with Crippen molar-refractivity contribution < 1.29 is 19.4 Å². The molecule has 0 unspecified atom stereocenters. The first-order valence-electron chi connectivity index (χ1n) is 6.50. The molecule has 4 rings (SSSR count). The summed E-state index contributed by atoms with van der Waals surface area (Å²) in [5.41, 5.74) is -0.760. The first kappa shape index (κ1) is 12.1. The highest BCUT2D eigenvalue weighted by molar-refractivity contribution is 7.09. The van der Waals surface area contributed by atoms with Crippen LogP contribution in [0.5, 0.6) is 0 Å². The first-order valence-corrected chi connectivity index (χ1v) is 7.38. The maximum atomic E-state index is 12.5. The molecule has 1 aromatic heterocycles. The molecule has 1 aromatic rings. The van der Waals surface area contributed by atoms with Crippen LogP contribution in [-0.4, -0.2) is 35.0 Å².